The molecule has 1 rings (SSSR count). The number of halogens is 1. The molecule has 0 atom stereocenters. The number of hydrogen-bond donors (Lipinski definition) is 0. The predicted octanol–water partition coefficient (Wildman–Crippen LogP) is 2.62. The van der Waals surface area contributed by atoms with Crippen molar-refractivity contribution in [3.8, 4) is 0 Å². The summed E-state index contributed by atoms with van der Waals surface area (Å²) in [5.74, 6) is 0.716. The summed E-state index contributed by atoms with van der Waals surface area (Å²) in [7, 11) is 1.94. The Labute approximate surface area is 84.9 Å². The van der Waals surface area contributed by atoms with Crippen LogP contribution >= 0.6 is 11.6 Å². The summed E-state index contributed by atoms with van der Waals surface area (Å²) in [6, 6.07) is 0. The zero-order valence-corrected chi connectivity index (χ0v) is 9.30. The third-order valence-corrected chi connectivity index (χ3v) is 2.93. The van der Waals surface area contributed by atoms with E-state index in [-0.39, 0.29) is 5.41 Å². The fraction of sp³-hybridized carbons (Fsp3) is 0.700. The minimum atomic E-state index is 0.234. The number of aromatic nitrogens is 2. The first-order valence-corrected chi connectivity index (χ1v) is 5.10. The molecule has 1 aromatic rings. The molecular weight excluding hydrogens is 184 g/mol. The van der Waals surface area contributed by atoms with Crippen molar-refractivity contribution in [2.75, 3.05) is 5.88 Å². The Bertz CT molecular complexity index is 266. The Hall–Kier alpha value is -0.500. The lowest BCUT2D eigenvalue weighted by Crippen LogP contribution is -2.14. The molecule has 0 aliphatic carbocycles. The van der Waals surface area contributed by atoms with Crippen LogP contribution in [0.25, 0.3) is 0 Å². The van der Waals surface area contributed by atoms with Gasteiger partial charge in [0, 0.05) is 19.1 Å². The average Bonchev–Trinajstić information content (AvgIpc) is 2.48. The molecule has 2 nitrogen and oxygen atoms in total. The average molecular weight is 201 g/mol. The van der Waals surface area contributed by atoms with Gasteiger partial charge in [0.1, 0.15) is 0 Å². The van der Waals surface area contributed by atoms with Crippen molar-refractivity contribution >= 4 is 11.6 Å². The number of aryl methyl sites for hydroxylation is 2. The zero-order valence-electron chi connectivity index (χ0n) is 8.55. The summed E-state index contributed by atoms with van der Waals surface area (Å²) in [4.78, 5) is 0. The summed E-state index contributed by atoms with van der Waals surface area (Å²) in [5, 5.41) is 4.13. The van der Waals surface area contributed by atoms with Gasteiger partial charge in [-0.15, -0.1) is 11.6 Å². The Kier molecular flexibility index (Phi) is 3.37. The predicted molar refractivity (Wildman–Crippen MR) is 56.0 cm³/mol. The minimum Gasteiger partial charge on any atom is -0.276 e. The van der Waals surface area contributed by atoms with Crippen molar-refractivity contribution in [2.45, 2.75) is 26.7 Å². The van der Waals surface area contributed by atoms with E-state index in [4.69, 9.17) is 11.6 Å². The zero-order chi connectivity index (χ0) is 9.90. The van der Waals surface area contributed by atoms with Crippen LogP contribution in [-0.4, -0.2) is 15.7 Å². The van der Waals surface area contributed by atoms with Crippen LogP contribution in [0.5, 0.6) is 0 Å². The lowest BCUT2D eigenvalue weighted by atomic mass is 9.89. The molecule has 1 aromatic heterocycles. The Morgan fingerprint density at radius 1 is 1.54 bits per heavy atom. The Morgan fingerprint density at radius 3 is 2.69 bits per heavy atom. The summed E-state index contributed by atoms with van der Waals surface area (Å²) < 4.78 is 1.84. The highest BCUT2D eigenvalue weighted by Crippen LogP contribution is 2.23. The molecular formula is C10H17ClN2. The van der Waals surface area contributed by atoms with Gasteiger partial charge in [-0.3, -0.25) is 4.68 Å². The molecule has 0 fully saturated rings. The molecule has 0 amide bonds. The van der Waals surface area contributed by atoms with Gasteiger partial charge in [0.2, 0.25) is 0 Å². The fourth-order valence-electron chi connectivity index (χ4n) is 1.15. The van der Waals surface area contributed by atoms with Crippen molar-refractivity contribution in [1.29, 1.82) is 0 Å². The Balaban J connectivity index is 2.43. The van der Waals surface area contributed by atoms with Crippen LogP contribution in [0.2, 0.25) is 0 Å². The third-order valence-electron chi connectivity index (χ3n) is 2.21. The molecule has 0 saturated heterocycles. The second-order valence-corrected chi connectivity index (χ2v) is 4.59. The van der Waals surface area contributed by atoms with Crippen molar-refractivity contribution in [3.63, 3.8) is 0 Å². The van der Waals surface area contributed by atoms with Crippen molar-refractivity contribution in [2.24, 2.45) is 12.5 Å². The van der Waals surface area contributed by atoms with E-state index in [2.05, 4.69) is 25.1 Å². The van der Waals surface area contributed by atoms with Crippen LogP contribution < -0.4 is 0 Å². The van der Waals surface area contributed by atoms with Gasteiger partial charge in [-0.25, -0.2) is 0 Å². The maximum absolute atomic E-state index is 5.84. The van der Waals surface area contributed by atoms with Gasteiger partial charge < -0.3 is 0 Å². The van der Waals surface area contributed by atoms with Gasteiger partial charge in [0.05, 0.1) is 6.20 Å². The van der Waals surface area contributed by atoms with Crippen LogP contribution in [0.1, 0.15) is 25.8 Å². The van der Waals surface area contributed by atoms with Crippen molar-refractivity contribution in [1.82, 2.24) is 9.78 Å². The quantitative estimate of drug-likeness (QED) is 0.684. The minimum absolute atomic E-state index is 0.234. The van der Waals surface area contributed by atoms with Gasteiger partial charge in [-0.2, -0.15) is 5.10 Å². The molecule has 1 heterocycles. The first-order valence-electron chi connectivity index (χ1n) is 4.57. The lowest BCUT2D eigenvalue weighted by molar-refractivity contribution is 0.384. The third kappa shape index (κ3) is 3.39. The van der Waals surface area contributed by atoms with Crippen LogP contribution in [0.15, 0.2) is 12.4 Å². The Morgan fingerprint density at radius 2 is 2.23 bits per heavy atom. The number of alkyl halides is 1. The van der Waals surface area contributed by atoms with E-state index in [1.807, 2.05) is 17.9 Å². The molecule has 3 heteroatoms. The molecule has 0 aliphatic heterocycles. The van der Waals surface area contributed by atoms with Gasteiger partial charge >= 0.3 is 0 Å². The second-order valence-electron chi connectivity index (χ2n) is 4.32. The van der Waals surface area contributed by atoms with Gasteiger partial charge in [-0.1, -0.05) is 13.8 Å². The smallest absolute Gasteiger partial charge is 0.0521 e. The van der Waals surface area contributed by atoms with Gasteiger partial charge in [0.15, 0.2) is 0 Å². The van der Waals surface area contributed by atoms with Crippen LogP contribution in [0.4, 0.5) is 0 Å². The first-order chi connectivity index (χ1) is 6.03. The number of rotatable bonds is 4. The first kappa shape index (κ1) is 10.6. The van der Waals surface area contributed by atoms with Crippen molar-refractivity contribution in [3.05, 3.63) is 18.0 Å². The number of hydrogen-bond acceptors (Lipinski definition) is 1. The highest BCUT2D eigenvalue weighted by Gasteiger charge is 2.16. The molecule has 0 aliphatic rings. The summed E-state index contributed by atoms with van der Waals surface area (Å²) in [6.45, 7) is 4.38. The van der Waals surface area contributed by atoms with E-state index in [1.165, 1.54) is 5.56 Å². The molecule has 13 heavy (non-hydrogen) atoms. The summed E-state index contributed by atoms with van der Waals surface area (Å²) >= 11 is 5.84. The lowest BCUT2D eigenvalue weighted by Gasteiger charge is -2.20. The highest BCUT2D eigenvalue weighted by atomic mass is 35.5. The van der Waals surface area contributed by atoms with Crippen LogP contribution in [0.3, 0.4) is 0 Å². The van der Waals surface area contributed by atoms with E-state index in [0.717, 1.165) is 12.8 Å². The topological polar surface area (TPSA) is 17.8 Å². The van der Waals surface area contributed by atoms with Crippen molar-refractivity contribution < 1.29 is 0 Å². The maximum Gasteiger partial charge on any atom is 0.0521 e. The van der Waals surface area contributed by atoms with E-state index in [1.54, 1.807) is 0 Å². The molecule has 74 valence electrons. The summed E-state index contributed by atoms with van der Waals surface area (Å²) in [5.41, 5.74) is 1.53. The molecule has 0 bridgehead atoms. The molecule has 0 aromatic carbocycles. The maximum atomic E-state index is 5.84. The van der Waals surface area contributed by atoms with E-state index in [9.17, 15) is 0 Å². The molecule has 0 saturated carbocycles. The second kappa shape index (κ2) is 4.14. The van der Waals surface area contributed by atoms with Crippen LogP contribution in [-0.2, 0) is 13.5 Å². The van der Waals surface area contributed by atoms with Gasteiger partial charge in [-0.05, 0) is 23.8 Å². The fourth-order valence-corrected chi connectivity index (χ4v) is 1.28. The molecule has 0 unspecified atom stereocenters. The summed E-state index contributed by atoms with van der Waals surface area (Å²) in [6.07, 6.45) is 6.16. The monoisotopic (exact) mass is 200 g/mol. The molecule has 0 N–H and O–H groups in total. The van der Waals surface area contributed by atoms with Crippen LogP contribution in [0, 0.1) is 5.41 Å². The molecule has 0 spiro atoms. The van der Waals surface area contributed by atoms with E-state index in [0.29, 0.717) is 5.88 Å². The number of nitrogens with zero attached hydrogens (tertiary/aromatic N) is 2. The van der Waals surface area contributed by atoms with E-state index < -0.39 is 0 Å². The van der Waals surface area contributed by atoms with Gasteiger partial charge in [0.25, 0.3) is 0 Å². The largest absolute Gasteiger partial charge is 0.276 e. The molecule has 0 radical (unpaired) electrons. The highest BCUT2D eigenvalue weighted by molar-refractivity contribution is 6.18. The normalized spacial score (nSPS) is 12.0. The SMILES string of the molecule is Cn1cc(CCC(C)(C)CCl)cn1. The standard InChI is InChI=1S/C10H17ClN2/c1-10(2,8-11)5-4-9-6-12-13(3)7-9/h6-7H,4-5,8H2,1-3H3. The van der Waals surface area contributed by atoms with E-state index >= 15 is 0 Å².